The molecule has 156 valence electrons. The number of hydrogen-bond donors (Lipinski definition) is 1. The summed E-state index contributed by atoms with van der Waals surface area (Å²) in [6.07, 6.45) is 3.59. The quantitative estimate of drug-likeness (QED) is 0.596. The number of likely N-dealkylation sites (tertiary alicyclic amines) is 1. The first-order valence-electron chi connectivity index (χ1n) is 10.7. The van der Waals surface area contributed by atoms with Crippen molar-refractivity contribution in [3.8, 4) is 22.8 Å². The minimum absolute atomic E-state index is 0.0518. The average molecular weight is 405 g/mol. The SMILES string of the molecule is C[C@@H]1CCCN(CCCNC(=O)c2ccc(-c3nc(-c4ccccc4)no3)cc2)C1. The molecule has 0 radical (unpaired) electrons. The van der Waals surface area contributed by atoms with Crippen LogP contribution in [0.15, 0.2) is 59.1 Å². The lowest BCUT2D eigenvalue weighted by molar-refractivity contribution is 0.0950. The maximum absolute atomic E-state index is 12.4. The highest BCUT2D eigenvalue weighted by Crippen LogP contribution is 2.22. The zero-order valence-electron chi connectivity index (χ0n) is 17.4. The topological polar surface area (TPSA) is 71.3 Å². The minimum atomic E-state index is -0.0518. The molecule has 4 rings (SSSR count). The van der Waals surface area contributed by atoms with Gasteiger partial charge in [0.05, 0.1) is 0 Å². The highest BCUT2D eigenvalue weighted by atomic mass is 16.5. The number of carbonyl (C=O) groups excluding carboxylic acids is 1. The zero-order chi connectivity index (χ0) is 20.8. The van der Waals surface area contributed by atoms with Crippen LogP contribution in [0.1, 0.15) is 36.5 Å². The van der Waals surface area contributed by atoms with Crippen molar-refractivity contribution < 1.29 is 9.32 Å². The van der Waals surface area contributed by atoms with Crippen molar-refractivity contribution in [3.05, 3.63) is 60.2 Å². The number of amides is 1. The fourth-order valence-electron chi connectivity index (χ4n) is 3.91. The maximum atomic E-state index is 12.4. The molecule has 0 aliphatic carbocycles. The van der Waals surface area contributed by atoms with Gasteiger partial charge in [0, 0.05) is 29.8 Å². The van der Waals surface area contributed by atoms with Crippen LogP contribution in [0.25, 0.3) is 22.8 Å². The molecule has 0 saturated carbocycles. The molecule has 2 heterocycles. The van der Waals surface area contributed by atoms with Gasteiger partial charge in [0.15, 0.2) is 0 Å². The van der Waals surface area contributed by atoms with Gasteiger partial charge >= 0.3 is 0 Å². The molecule has 1 amide bonds. The molecule has 0 spiro atoms. The second-order valence-electron chi connectivity index (χ2n) is 8.02. The van der Waals surface area contributed by atoms with Gasteiger partial charge in [-0.25, -0.2) is 0 Å². The average Bonchev–Trinajstić information content (AvgIpc) is 3.28. The Labute approximate surface area is 177 Å². The van der Waals surface area contributed by atoms with E-state index >= 15 is 0 Å². The van der Waals surface area contributed by atoms with Crippen molar-refractivity contribution in [1.29, 1.82) is 0 Å². The number of nitrogens with one attached hydrogen (secondary N) is 1. The van der Waals surface area contributed by atoms with Gasteiger partial charge in [-0.15, -0.1) is 0 Å². The van der Waals surface area contributed by atoms with Gasteiger partial charge in [-0.1, -0.05) is 42.4 Å². The van der Waals surface area contributed by atoms with E-state index in [9.17, 15) is 4.79 Å². The number of aromatic nitrogens is 2. The standard InChI is InChI=1S/C24H28N4O2/c1-18-7-5-15-28(17-18)16-6-14-25-23(29)20-10-12-21(13-11-20)24-26-22(27-30-24)19-8-3-2-4-9-19/h2-4,8-13,18H,5-7,14-17H2,1H3,(H,25,29)/t18-/m1/s1. The van der Waals surface area contributed by atoms with E-state index < -0.39 is 0 Å². The third kappa shape index (κ3) is 5.13. The highest BCUT2D eigenvalue weighted by Gasteiger charge is 2.16. The Kier molecular flexibility index (Phi) is 6.54. The van der Waals surface area contributed by atoms with Crippen LogP contribution in [-0.2, 0) is 0 Å². The van der Waals surface area contributed by atoms with Crippen molar-refractivity contribution in [3.63, 3.8) is 0 Å². The zero-order valence-corrected chi connectivity index (χ0v) is 17.4. The smallest absolute Gasteiger partial charge is 0.258 e. The number of nitrogens with zero attached hydrogens (tertiary/aromatic N) is 3. The molecule has 1 fully saturated rings. The largest absolute Gasteiger partial charge is 0.352 e. The van der Waals surface area contributed by atoms with Crippen molar-refractivity contribution in [2.45, 2.75) is 26.2 Å². The summed E-state index contributed by atoms with van der Waals surface area (Å²) in [5.74, 6) is 1.73. The second kappa shape index (κ2) is 9.67. The fraction of sp³-hybridized carbons (Fsp3) is 0.375. The molecule has 1 atom stereocenters. The van der Waals surface area contributed by atoms with Gasteiger partial charge in [-0.05, 0) is 62.5 Å². The molecule has 0 unspecified atom stereocenters. The number of piperidine rings is 1. The van der Waals surface area contributed by atoms with Crippen LogP contribution in [0.4, 0.5) is 0 Å². The summed E-state index contributed by atoms with van der Waals surface area (Å²) < 4.78 is 5.38. The molecule has 2 aromatic carbocycles. The van der Waals surface area contributed by atoms with E-state index in [2.05, 4.69) is 27.3 Å². The Morgan fingerprint density at radius 3 is 2.70 bits per heavy atom. The van der Waals surface area contributed by atoms with Crippen molar-refractivity contribution in [2.24, 2.45) is 5.92 Å². The molecular formula is C24H28N4O2. The Balaban J connectivity index is 1.28. The van der Waals surface area contributed by atoms with Gasteiger partial charge in [0.1, 0.15) is 0 Å². The van der Waals surface area contributed by atoms with Gasteiger partial charge in [0.25, 0.3) is 11.8 Å². The van der Waals surface area contributed by atoms with E-state index in [0.29, 0.717) is 23.8 Å². The molecule has 1 aliphatic rings. The molecule has 1 aromatic heterocycles. The summed E-state index contributed by atoms with van der Waals surface area (Å²) in [5, 5.41) is 7.06. The summed E-state index contributed by atoms with van der Waals surface area (Å²) in [6, 6.07) is 17.0. The van der Waals surface area contributed by atoms with Gasteiger partial charge in [-0.2, -0.15) is 4.98 Å². The first-order valence-corrected chi connectivity index (χ1v) is 10.7. The van der Waals surface area contributed by atoms with Gasteiger partial charge < -0.3 is 14.7 Å². The van der Waals surface area contributed by atoms with Crippen LogP contribution in [-0.4, -0.2) is 47.1 Å². The summed E-state index contributed by atoms with van der Waals surface area (Å²) in [7, 11) is 0. The van der Waals surface area contributed by atoms with Gasteiger partial charge in [-0.3, -0.25) is 4.79 Å². The summed E-state index contributed by atoms with van der Waals surface area (Å²) >= 11 is 0. The number of hydrogen-bond acceptors (Lipinski definition) is 5. The lowest BCUT2D eigenvalue weighted by Gasteiger charge is -2.30. The molecule has 0 bridgehead atoms. The van der Waals surface area contributed by atoms with E-state index in [4.69, 9.17) is 4.52 Å². The summed E-state index contributed by atoms with van der Waals surface area (Å²) in [4.78, 5) is 19.4. The normalized spacial score (nSPS) is 17.0. The van der Waals surface area contributed by atoms with E-state index in [1.807, 2.05) is 42.5 Å². The maximum Gasteiger partial charge on any atom is 0.258 e. The van der Waals surface area contributed by atoms with Crippen LogP contribution in [0.2, 0.25) is 0 Å². The van der Waals surface area contributed by atoms with Crippen molar-refractivity contribution in [1.82, 2.24) is 20.4 Å². The Morgan fingerprint density at radius 1 is 1.13 bits per heavy atom. The van der Waals surface area contributed by atoms with E-state index in [1.165, 1.54) is 25.9 Å². The fourth-order valence-corrected chi connectivity index (χ4v) is 3.91. The third-order valence-corrected chi connectivity index (χ3v) is 5.53. The second-order valence-corrected chi connectivity index (χ2v) is 8.02. The highest BCUT2D eigenvalue weighted by molar-refractivity contribution is 5.94. The third-order valence-electron chi connectivity index (χ3n) is 5.53. The number of carbonyl (C=O) groups is 1. The first-order chi connectivity index (χ1) is 14.7. The molecule has 1 N–H and O–H groups in total. The molecule has 3 aromatic rings. The van der Waals surface area contributed by atoms with Crippen molar-refractivity contribution in [2.75, 3.05) is 26.2 Å². The van der Waals surface area contributed by atoms with Crippen LogP contribution in [0.5, 0.6) is 0 Å². The summed E-state index contributed by atoms with van der Waals surface area (Å²) in [5.41, 5.74) is 2.33. The first kappa shape index (κ1) is 20.3. The van der Waals surface area contributed by atoms with Crippen LogP contribution in [0, 0.1) is 5.92 Å². The lowest BCUT2D eigenvalue weighted by Crippen LogP contribution is -2.36. The lowest BCUT2D eigenvalue weighted by atomic mass is 10.0. The minimum Gasteiger partial charge on any atom is -0.352 e. The molecule has 30 heavy (non-hydrogen) atoms. The molecule has 1 aliphatic heterocycles. The van der Waals surface area contributed by atoms with Gasteiger partial charge in [0.2, 0.25) is 5.82 Å². The van der Waals surface area contributed by atoms with Crippen molar-refractivity contribution >= 4 is 5.91 Å². The van der Waals surface area contributed by atoms with Crippen LogP contribution < -0.4 is 5.32 Å². The Morgan fingerprint density at radius 2 is 1.93 bits per heavy atom. The summed E-state index contributed by atoms with van der Waals surface area (Å²) in [6.45, 7) is 6.41. The van der Waals surface area contributed by atoms with E-state index in [0.717, 1.165) is 30.0 Å². The number of benzene rings is 2. The molecule has 6 heteroatoms. The molecule has 6 nitrogen and oxygen atoms in total. The van der Waals surface area contributed by atoms with E-state index in [1.54, 1.807) is 12.1 Å². The van der Waals surface area contributed by atoms with Crippen LogP contribution in [0.3, 0.4) is 0 Å². The van der Waals surface area contributed by atoms with Crippen LogP contribution >= 0.6 is 0 Å². The predicted octanol–water partition coefficient (Wildman–Crippen LogP) is 4.26. The number of rotatable bonds is 7. The predicted molar refractivity (Wildman–Crippen MR) is 117 cm³/mol. The molecular weight excluding hydrogens is 376 g/mol. The van der Waals surface area contributed by atoms with E-state index in [-0.39, 0.29) is 5.91 Å². The molecule has 1 saturated heterocycles. The Bertz CT molecular complexity index is 953. The Hall–Kier alpha value is -2.99. The monoisotopic (exact) mass is 404 g/mol.